The number of alkyl halides is 2. The van der Waals surface area contributed by atoms with E-state index in [4.69, 9.17) is 4.74 Å². The smallest absolute Gasteiger partial charge is 0.269 e. The van der Waals surface area contributed by atoms with E-state index in [-0.39, 0.29) is 13.0 Å². The molecule has 2 nitrogen and oxygen atoms in total. The van der Waals surface area contributed by atoms with Crippen molar-refractivity contribution in [2.24, 2.45) is 0 Å². The maximum absolute atomic E-state index is 13.3. The molecule has 1 heterocycles. The fourth-order valence-corrected chi connectivity index (χ4v) is 1.60. The number of ether oxygens (including phenoxy) is 1. The summed E-state index contributed by atoms with van der Waals surface area (Å²) >= 11 is 0. The Hall–Kier alpha value is -0.220. The second-order valence-corrected chi connectivity index (χ2v) is 3.58. The first kappa shape index (κ1) is 9.86. The Bertz CT molecular complexity index is 174. The first-order valence-corrected chi connectivity index (χ1v) is 4.02. The maximum Gasteiger partial charge on any atom is 0.269 e. The Morgan fingerprint density at radius 1 is 1.50 bits per heavy atom. The molecule has 1 aliphatic heterocycles. The molecule has 12 heavy (non-hydrogen) atoms. The molecule has 4 heteroatoms. The predicted molar refractivity (Wildman–Crippen MR) is 42.5 cm³/mol. The molecule has 1 saturated heterocycles. The molecule has 0 spiro atoms. The molecule has 1 atom stereocenters. The van der Waals surface area contributed by atoms with Gasteiger partial charge in [-0.15, -0.1) is 0 Å². The second-order valence-electron chi connectivity index (χ2n) is 3.58. The molecule has 0 bridgehead atoms. The normalized spacial score (nSPS) is 35.8. The van der Waals surface area contributed by atoms with E-state index in [1.807, 2.05) is 0 Å². The summed E-state index contributed by atoms with van der Waals surface area (Å²) in [4.78, 5) is 1.66. The second kappa shape index (κ2) is 2.92. The Morgan fingerprint density at radius 2 is 2.08 bits per heavy atom. The molecular formula is C8H15F2NO. The quantitative estimate of drug-likeness (QED) is 0.634. The summed E-state index contributed by atoms with van der Waals surface area (Å²) in [6.45, 7) is 2.06. The molecule has 72 valence electrons. The minimum absolute atomic E-state index is 0.0661. The predicted octanol–water partition coefficient (Wildman–Crippen LogP) is 1.36. The van der Waals surface area contributed by atoms with Crippen molar-refractivity contribution in [3.8, 4) is 0 Å². The van der Waals surface area contributed by atoms with Crippen LogP contribution in [0.15, 0.2) is 0 Å². The zero-order valence-corrected chi connectivity index (χ0v) is 7.73. The van der Waals surface area contributed by atoms with Crippen LogP contribution >= 0.6 is 0 Å². The number of methoxy groups -OCH3 is 1. The van der Waals surface area contributed by atoms with E-state index >= 15 is 0 Å². The van der Waals surface area contributed by atoms with Crippen molar-refractivity contribution in [3.05, 3.63) is 0 Å². The van der Waals surface area contributed by atoms with Crippen molar-refractivity contribution in [2.45, 2.75) is 24.8 Å². The highest BCUT2D eigenvalue weighted by Crippen LogP contribution is 2.41. The van der Waals surface area contributed by atoms with Crippen molar-refractivity contribution in [3.63, 3.8) is 0 Å². The molecule has 1 fully saturated rings. The van der Waals surface area contributed by atoms with Gasteiger partial charge in [0.2, 0.25) is 0 Å². The molecule has 1 unspecified atom stereocenters. The lowest BCUT2D eigenvalue weighted by atomic mass is 9.96. The van der Waals surface area contributed by atoms with E-state index in [0.717, 1.165) is 0 Å². The van der Waals surface area contributed by atoms with E-state index < -0.39 is 11.5 Å². The lowest BCUT2D eigenvalue weighted by molar-refractivity contribution is -0.109. The van der Waals surface area contributed by atoms with Crippen molar-refractivity contribution in [1.82, 2.24) is 4.90 Å². The fraction of sp³-hybridized carbons (Fsp3) is 1.00. The SMILES string of the molecule is COCC1(C)N(C)CCC1(F)F. The molecule has 0 aromatic carbocycles. The van der Waals surface area contributed by atoms with Gasteiger partial charge in [0.05, 0.1) is 6.61 Å². The third kappa shape index (κ3) is 1.23. The number of halogens is 2. The first-order valence-electron chi connectivity index (χ1n) is 4.02. The molecule has 0 aromatic heterocycles. The van der Waals surface area contributed by atoms with Gasteiger partial charge in [-0.3, -0.25) is 4.90 Å². The summed E-state index contributed by atoms with van der Waals surface area (Å²) in [5.41, 5.74) is -1.12. The van der Waals surface area contributed by atoms with Crippen LogP contribution in [-0.2, 0) is 4.74 Å². The average molecular weight is 179 g/mol. The highest BCUT2D eigenvalue weighted by molar-refractivity contribution is 5.03. The number of hydrogen-bond acceptors (Lipinski definition) is 2. The van der Waals surface area contributed by atoms with Crippen LogP contribution in [0, 0.1) is 0 Å². The molecule has 0 aliphatic carbocycles. The van der Waals surface area contributed by atoms with Crippen LogP contribution in [0.5, 0.6) is 0 Å². The van der Waals surface area contributed by atoms with Crippen LogP contribution in [0.3, 0.4) is 0 Å². The number of nitrogens with zero attached hydrogens (tertiary/aromatic N) is 1. The molecule has 0 saturated carbocycles. The minimum atomic E-state index is -2.63. The molecule has 0 aromatic rings. The van der Waals surface area contributed by atoms with Gasteiger partial charge < -0.3 is 4.74 Å². The lowest BCUT2D eigenvalue weighted by Gasteiger charge is -2.35. The van der Waals surface area contributed by atoms with E-state index in [1.54, 1.807) is 18.9 Å². The highest BCUT2D eigenvalue weighted by atomic mass is 19.3. The zero-order chi connectivity index (χ0) is 9.41. The van der Waals surface area contributed by atoms with E-state index in [2.05, 4.69) is 0 Å². The number of rotatable bonds is 2. The van der Waals surface area contributed by atoms with Crippen molar-refractivity contribution in [1.29, 1.82) is 0 Å². The summed E-state index contributed by atoms with van der Waals surface area (Å²) in [6.07, 6.45) is -0.0661. The monoisotopic (exact) mass is 179 g/mol. The van der Waals surface area contributed by atoms with E-state index in [1.165, 1.54) is 7.11 Å². The Balaban J connectivity index is 2.82. The largest absolute Gasteiger partial charge is 0.383 e. The minimum Gasteiger partial charge on any atom is -0.383 e. The van der Waals surface area contributed by atoms with Crippen LogP contribution in [-0.4, -0.2) is 43.7 Å². The fourth-order valence-electron chi connectivity index (χ4n) is 1.60. The molecule has 0 N–H and O–H groups in total. The van der Waals surface area contributed by atoms with Gasteiger partial charge in [0, 0.05) is 20.1 Å². The Labute approximate surface area is 71.5 Å². The van der Waals surface area contributed by atoms with Crippen LogP contribution in [0.1, 0.15) is 13.3 Å². The van der Waals surface area contributed by atoms with Gasteiger partial charge in [-0.2, -0.15) is 0 Å². The van der Waals surface area contributed by atoms with E-state index in [0.29, 0.717) is 6.54 Å². The first-order chi connectivity index (χ1) is 5.44. The standard InChI is InChI=1S/C8H15F2NO/c1-7(6-12-3)8(9,10)4-5-11(7)2/h4-6H2,1-3H3. The average Bonchev–Trinajstić information content (AvgIpc) is 2.16. The molecule has 0 radical (unpaired) electrons. The van der Waals surface area contributed by atoms with Crippen molar-refractivity contribution >= 4 is 0 Å². The van der Waals surface area contributed by atoms with Crippen molar-refractivity contribution in [2.75, 3.05) is 27.3 Å². The van der Waals surface area contributed by atoms with Gasteiger partial charge in [-0.1, -0.05) is 0 Å². The molecule has 0 amide bonds. The molecule has 1 aliphatic rings. The van der Waals surface area contributed by atoms with Crippen molar-refractivity contribution < 1.29 is 13.5 Å². The number of hydrogen-bond donors (Lipinski definition) is 0. The van der Waals surface area contributed by atoms with E-state index in [9.17, 15) is 8.78 Å². The molecule has 1 rings (SSSR count). The van der Waals surface area contributed by atoms with Gasteiger partial charge in [0.15, 0.2) is 0 Å². The maximum atomic E-state index is 13.3. The third-order valence-corrected chi connectivity index (χ3v) is 2.82. The Morgan fingerprint density at radius 3 is 2.42 bits per heavy atom. The Kier molecular flexibility index (Phi) is 2.40. The van der Waals surface area contributed by atoms with Gasteiger partial charge >= 0.3 is 0 Å². The van der Waals surface area contributed by atoms with Gasteiger partial charge in [0.1, 0.15) is 5.54 Å². The summed E-state index contributed by atoms with van der Waals surface area (Å²) in [7, 11) is 3.16. The molecular weight excluding hydrogens is 164 g/mol. The van der Waals surface area contributed by atoms with Gasteiger partial charge in [0.25, 0.3) is 5.92 Å². The summed E-state index contributed by atoms with van der Waals surface area (Å²) in [6, 6.07) is 0. The van der Waals surface area contributed by atoms with Crippen LogP contribution in [0.2, 0.25) is 0 Å². The summed E-state index contributed by atoms with van der Waals surface area (Å²) < 4.78 is 31.4. The van der Waals surface area contributed by atoms with Crippen LogP contribution in [0.4, 0.5) is 8.78 Å². The third-order valence-electron chi connectivity index (χ3n) is 2.82. The van der Waals surface area contributed by atoms with Crippen LogP contribution in [0.25, 0.3) is 0 Å². The highest BCUT2D eigenvalue weighted by Gasteiger charge is 2.57. The summed E-state index contributed by atoms with van der Waals surface area (Å²) in [5.74, 6) is -2.63. The van der Waals surface area contributed by atoms with Gasteiger partial charge in [-0.05, 0) is 14.0 Å². The van der Waals surface area contributed by atoms with Gasteiger partial charge in [-0.25, -0.2) is 8.78 Å². The lowest BCUT2D eigenvalue weighted by Crippen LogP contribution is -2.53. The van der Waals surface area contributed by atoms with Crippen LogP contribution < -0.4 is 0 Å². The number of likely N-dealkylation sites (tertiary alicyclic amines) is 1. The number of likely N-dealkylation sites (N-methyl/N-ethyl adjacent to an activating group) is 1. The zero-order valence-electron chi connectivity index (χ0n) is 7.73. The summed E-state index contributed by atoms with van der Waals surface area (Å²) in [5, 5.41) is 0. The topological polar surface area (TPSA) is 12.5 Å².